The first-order valence-electron chi connectivity index (χ1n) is 4.40. The van der Waals surface area contributed by atoms with Gasteiger partial charge >= 0.3 is 0 Å². The van der Waals surface area contributed by atoms with Crippen molar-refractivity contribution < 1.29 is 9.47 Å². The Labute approximate surface area is 68.9 Å². The van der Waals surface area contributed by atoms with E-state index in [1.807, 2.05) is 0 Å². The Kier molecular flexibility index (Phi) is 3.34. The molecule has 0 aromatic rings. The third-order valence-electron chi connectivity index (χ3n) is 2.44. The lowest BCUT2D eigenvalue weighted by molar-refractivity contribution is -0.135. The number of hydrogen-bond acceptors (Lipinski definition) is 2. The summed E-state index contributed by atoms with van der Waals surface area (Å²) < 4.78 is 10.5. The van der Waals surface area contributed by atoms with Crippen LogP contribution in [0.5, 0.6) is 0 Å². The van der Waals surface area contributed by atoms with Gasteiger partial charge in [0.1, 0.15) is 6.79 Å². The average molecular weight is 158 g/mol. The van der Waals surface area contributed by atoms with Crippen LogP contribution in [-0.2, 0) is 9.47 Å². The molecular formula is C9H18O2. The minimum atomic E-state index is 0.105. The number of hydrogen-bond donors (Lipinski definition) is 0. The second-order valence-corrected chi connectivity index (χ2v) is 3.56. The molecule has 2 nitrogen and oxygen atoms in total. The van der Waals surface area contributed by atoms with E-state index in [1.165, 1.54) is 32.1 Å². The zero-order chi connectivity index (χ0) is 8.16. The molecule has 0 aromatic heterocycles. The van der Waals surface area contributed by atoms with Crippen molar-refractivity contribution in [2.75, 3.05) is 13.9 Å². The molecule has 0 aliphatic heterocycles. The van der Waals surface area contributed by atoms with Crippen LogP contribution in [-0.4, -0.2) is 19.5 Å². The fourth-order valence-corrected chi connectivity index (χ4v) is 1.65. The monoisotopic (exact) mass is 158 g/mol. The van der Waals surface area contributed by atoms with Gasteiger partial charge in [0.25, 0.3) is 0 Å². The summed E-state index contributed by atoms with van der Waals surface area (Å²) in [6.07, 6.45) is 6.36. The molecule has 0 aromatic carbocycles. The number of methoxy groups -OCH3 is 1. The normalized spacial score (nSPS) is 23.5. The standard InChI is InChI=1S/C9H18O2/c1-9(11-8-10-2)6-4-3-5-7-9/h3-8H2,1-2H3. The summed E-state index contributed by atoms with van der Waals surface area (Å²) in [6.45, 7) is 2.63. The molecule has 1 saturated carbocycles. The highest BCUT2D eigenvalue weighted by Gasteiger charge is 2.26. The van der Waals surface area contributed by atoms with Crippen LogP contribution >= 0.6 is 0 Å². The Bertz CT molecular complexity index is 106. The lowest BCUT2D eigenvalue weighted by Gasteiger charge is -2.33. The second-order valence-electron chi connectivity index (χ2n) is 3.56. The van der Waals surface area contributed by atoms with E-state index in [-0.39, 0.29) is 5.60 Å². The van der Waals surface area contributed by atoms with Crippen molar-refractivity contribution in [1.29, 1.82) is 0 Å². The van der Waals surface area contributed by atoms with Crippen LogP contribution in [0.3, 0.4) is 0 Å². The molecule has 0 saturated heterocycles. The van der Waals surface area contributed by atoms with Gasteiger partial charge in [0, 0.05) is 7.11 Å². The minimum Gasteiger partial charge on any atom is -0.359 e. The van der Waals surface area contributed by atoms with Crippen molar-refractivity contribution in [3.63, 3.8) is 0 Å². The highest BCUT2D eigenvalue weighted by molar-refractivity contribution is 4.78. The molecule has 11 heavy (non-hydrogen) atoms. The maximum absolute atomic E-state index is 5.60. The van der Waals surface area contributed by atoms with Gasteiger partial charge in [-0.2, -0.15) is 0 Å². The van der Waals surface area contributed by atoms with Crippen LogP contribution < -0.4 is 0 Å². The van der Waals surface area contributed by atoms with E-state index in [9.17, 15) is 0 Å². The van der Waals surface area contributed by atoms with Gasteiger partial charge in [0.05, 0.1) is 5.60 Å². The zero-order valence-electron chi connectivity index (χ0n) is 7.56. The fourth-order valence-electron chi connectivity index (χ4n) is 1.65. The molecule has 0 unspecified atom stereocenters. The minimum absolute atomic E-state index is 0.105. The molecular weight excluding hydrogens is 140 g/mol. The van der Waals surface area contributed by atoms with E-state index < -0.39 is 0 Å². The Morgan fingerprint density at radius 3 is 2.36 bits per heavy atom. The molecule has 0 atom stereocenters. The Morgan fingerprint density at radius 1 is 1.18 bits per heavy atom. The topological polar surface area (TPSA) is 18.5 Å². The SMILES string of the molecule is COCOC1(C)CCCCC1. The summed E-state index contributed by atoms with van der Waals surface area (Å²) in [5, 5.41) is 0. The van der Waals surface area contributed by atoms with Gasteiger partial charge in [-0.3, -0.25) is 0 Å². The third-order valence-corrected chi connectivity index (χ3v) is 2.44. The maximum atomic E-state index is 5.60. The van der Waals surface area contributed by atoms with Gasteiger partial charge in [-0.1, -0.05) is 19.3 Å². The van der Waals surface area contributed by atoms with E-state index in [2.05, 4.69) is 6.92 Å². The highest BCUT2D eigenvalue weighted by Crippen LogP contribution is 2.30. The molecule has 1 aliphatic rings. The smallest absolute Gasteiger partial charge is 0.147 e. The van der Waals surface area contributed by atoms with Crippen molar-refractivity contribution in [3.05, 3.63) is 0 Å². The molecule has 0 bridgehead atoms. The van der Waals surface area contributed by atoms with Crippen LogP contribution in [0.2, 0.25) is 0 Å². The molecule has 0 heterocycles. The van der Waals surface area contributed by atoms with Crippen molar-refractivity contribution in [2.45, 2.75) is 44.6 Å². The molecule has 1 rings (SSSR count). The van der Waals surface area contributed by atoms with Crippen LogP contribution in [0.1, 0.15) is 39.0 Å². The summed E-state index contributed by atoms with van der Waals surface area (Å²) in [7, 11) is 1.67. The largest absolute Gasteiger partial charge is 0.359 e. The van der Waals surface area contributed by atoms with E-state index in [1.54, 1.807) is 7.11 Å². The number of rotatable bonds is 3. The first-order chi connectivity index (χ1) is 5.27. The van der Waals surface area contributed by atoms with Crippen LogP contribution in [0.25, 0.3) is 0 Å². The van der Waals surface area contributed by atoms with Crippen molar-refractivity contribution >= 4 is 0 Å². The predicted molar refractivity (Wildman–Crippen MR) is 44.5 cm³/mol. The number of ether oxygens (including phenoxy) is 2. The zero-order valence-corrected chi connectivity index (χ0v) is 7.56. The first kappa shape index (κ1) is 9.01. The first-order valence-corrected chi connectivity index (χ1v) is 4.40. The quantitative estimate of drug-likeness (QED) is 0.587. The van der Waals surface area contributed by atoms with E-state index in [0.29, 0.717) is 6.79 Å². The van der Waals surface area contributed by atoms with E-state index in [4.69, 9.17) is 9.47 Å². The summed E-state index contributed by atoms with van der Waals surface area (Å²) in [5.74, 6) is 0. The molecule has 2 heteroatoms. The summed E-state index contributed by atoms with van der Waals surface area (Å²) >= 11 is 0. The van der Waals surface area contributed by atoms with Crippen molar-refractivity contribution in [2.24, 2.45) is 0 Å². The molecule has 66 valence electrons. The second kappa shape index (κ2) is 4.07. The van der Waals surface area contributed by atoms with Crippen LogP contribution in [0.15, 0.2) is 0 Å². The van der Waals surface area contributed by atoms with Crippen molar-refractivity contribution in [1.82, 2.24) is 0 Å². The molecule has 1 fully saturated rings. The average Bonchev–Trinajstić information content (AvgIpc) is 2.03. The summed E-state index contributed by atoms with van der Waals surface area (Å²) in [4.78, 5) is 0. The summed E-state index contributed by atoms with van der Waals surface area (Å²) in [5.41, 5.74) is 0.105. The van der Waals surface area contributed by atoms with Gasteiger partial charge < -0.3 is 9.47 Å². The maximum Gasteiger partial charge on any atom is 0.147 e. The molecule has 0 amide bonds. The Balaban J connectivity index is 2.25. The molecule has 0 radical (unpaired) electrons. The Hall–Kier alpha value is -0.0800. The van der Waals surface area contributed by atoms with Gasteiger partial charge in [-0.15, -0.1) is 0 Å². The van der Waals surface area contributed by atoms with Crippen LogP contribution in [0, 0.1) is 0 Å². The van der Waals surface area contributed by atoms with E-state index >= 15 is 0 Å². The lowest BCUT2D eigenvalue weighted by Crippen LogP contribution is -2.31. The van der Waals surface area contributed by atoms with E-state index in [0.717, 1.165) is 0 Å². The predicted octanol–water partition coefficient (Wildman–Crippen LogP) is 2.33. The lowest BCUT2D eigenvalue weighted by atomic mass is 9.86. The third kappa shape index (κ3) is 2.80. The van der Waals surface area contributed by atoms with Crippen LogP contribution in [0.4, 0.5) is 0 Å². The molecule has 1 aliphatic carbocycles. The molecule has 0 N–H and O–H groups in total. The van der Waals surface area contributed by atoms with Gasteiger partial charge in [0.15, 0.2) is 0 Å². The highest BCUT2D eigenvalue weighted by atomic mass is 16.7. The molecule has 0 spiro atoms. The van der Waals surface area contributed by atoms with Crippen molar-refractivity contribution in [3.8, 4) is 0 Å². The van der Waals surface area contributed by atoms with Gasteiger partial charge in [-0.25, -0.2) is 0 Å². The van der Waals surface area contributed by atoms with Gasteiger partial charge in [0.2, 0.25) is 0 Å². The summed E-state index contributed by atoms with van der Waals surface area (Å²) in [6, 6.07) is 0. The fraction of sp³-hybridized carbons (Fsp3) is 1.00. The Morgan fingerprint density at radius 2 is 1.82 bits per heavy atom. The van der Waals surface area contributed by atoms with Gasteiger partial charge in [-0.05, 0) is 19.8 Å².